The Bertz CT molecular complexity index is 1350. The molecule has 0 spiro atoms. The molecule has 3 aromatic carbocycles. The van der Waals surface area contributed by atoms with E-state index in [2.05, 4.69) is 0 Å². The van der Waals surface area contributed by atoms with Crippen molar-refractivity contribution in [1.82, 2.24) is 0 Å². The molecule has 1 aliphatic heterocycles. The van der Waals surface area contributed by atoms with E-state index in [1.54, 1.807) is 54.6 Å². The topological polar surface area (TPSA) is 127 Å². The van der Waals surface area contributed by atoms with Crippen molar-refractivity contribution in [1.29, 1.82) is 0 Å². The Labute approximate surface area is 190 Å². The van der Waals surface area contributed by atoms with Crippen molar-refractivity contribution in [3.05, 3.63) is 95.6 Å². The number of nitrogens with two attached hydrogens (primary N) is 1. The predicted octanol–water partition coefficient (Wildman–Crippen LogP) is 2.97. The standard InChI is InChI=1S/C24H20N2O6S/c1-32-18-11-7-16(8-12-18)22(27)20-21(15-5-3-2-4-6-15)26(24(29)23(20)28)17-9-13-19(14-10-17)33(25,30)31/h2-14,21,27H,1H3,(H2,25,30,31)/t21-/m1/s1. The van der Waals surface area contributed by atoms with Gasteiger partial charge in [-0.1, -0.05) is 30.3 Å². The first-order chi connectivity index (χ1) is 15.7. The molecule has 8 nitrogen and oxygen atoms in total. The van der Waals surface area contributed by atoms with E-state index in [1.165, 1.54) is 36.3 Å². The molecular formula is C24H20N2O6S. The van der Waals surface area contributed by atoms with Gasteiger partial charge in [-0.15, -0.1) is 0 Å². The molecule has 3 aromatic rings. The summed E-state index contributed by atoms with van der Waals surface area (Å²) in [5, 5.41) is 16.2. The summed E-state index contributed by atoms with van der Waals surface area (Å²) in [7, 11) is -2.42. The molecule has 9 heteroatoms. The quantitative estimate of drug-likeness (QED) is 0.340. The molecule has 4 rings (SSSR count). The Kier molecular flexibility index (Phi) is 5.75. The van der Waals surface area contributed by atoms with Crippen molar-refractivity contribution in [2.75, 3.05) is 12.0 Å². The monoisotopic (exact) mass is 464 g/mol. The van der Waals surface area contributed by atoms with Gasteiger partial charge >= 0.3 is 0 Å². The van der Waals surface area contributed by atoms with Gasteiger partial charge in [0.15, 0.2) is 0 Å². The average molecular weight is 464 g/mol. The zero-order valence-corrected chi connectivity index (χ0v) is 18.3. The summed E-state index contributed by atoms with van der Waals surface area (Å²) >= 11 is 0. The average Bonchev–Trinajstić information content (AvgIpc) is 3.09. The van der Waals surface area contributed by atoms with Crippen LogP contribution in [0.1, 0.15) is 17.2 Å². The number of ether oxygens (including phenoxy) is 1. The van der Waals surface area contributed by atoms with Gasteiger partial charge in [-0.2, -0.15) is 0 Å². The third-order valence-corrected chi connectivity index (χ3v) is 6.30. The molecule has 1 amide bonds. The maximum atomic E-state index is 13.1. The largest absolute Gasteiger partial charge is 0.507 e. The van der Waals surface area contributed by atoms with Gasteiger partial charge in [0.25, 0.3) is 11.7 Å². The number of methoxy groups -OCH3 is 1. The van der Waals surface area contributed by atoms with Crippen molar-refractivity contribution in [2.24, 2.45) is 5.14 Å². The number of carbonyl (C=O) groups excluding carboxylic acids is 2. The number of rotatable bonds is 5. The lowest BCUT2D eigenvalue weighted by atomic mass is 9.95. The van der Waals surface area contributed by atoms with E-state index in [9.17, 15) is 23.1 Å². The van der Waals surface area contributed by atoms with Crippen LogP contribution >= 0.6 is 0 Å². The summed E-state index contributed by atoms with van der Waals surface area (Å²) in [5.41, 5.74) is 1.15. The highest BCUT2D eigenvalue weighted by Gasteiger charge is 2.46. The van der Waals surface area contributed by atoms with Crippen LogP contribution in [0.3, 0.4) is 0 Å². The number of nitrogens with zero attached hydrogens (tertiary/aromatic N) is 1. The van der Waals surface area contributed by atoms with Crippen molar-refractivity contribution < 1.29 is 27.9 Å². The smallest absolute Gasteiger partial charge is 0.300 e. The van der Waals surface area contributed by atoms with Crippen LogP contribution in [0, 0.1) is 0 Å². The second-order valence-electron chi connectivity index (χ2n) is 7.35. The Balaban J connectivity index is 1.89. The van der Waals surface area contributed by atoms with Crippen molar-refractivity contribution >= 4 is 33.2 Å². The Morgan fingerprint density at radius 3 is 2.09 bits per heavy atom. The fourth-order valence-electron chi connectivity index (χ4n) is 3.75. The molecule has 0 radical (unpaired) electrons. The van der Waals surface area contributed by atoms with Crippen molar-refractivity contribution in [3.8, 4) is 5.75 Å². The molecule has 0 unspecified atom stereocenters. The maximum absolute atomic E-state index is 13.1. The molecule has 33 heavy (non-hydrogen) atoms. The van der Waals surface area contributed by atoms with E-state index in [0.29, 0.717) is 16.9 Å². The molecule has 1 fully saturated rings. The summed E-state index contributed by atoms with van der Waals surface area (Å²) in [6.45, 7) is 0. The molecule has 1 aliphatic rings. The highest BCUT2D eigenvalue weighted by molar-refractivity contribution is 7.89. The van der Waals surface area contributed by atoms with Crippen LogP contribution in [0.15, 0.2) is 89.3 Å². The molecule has 0 bridgehead atoms. The van der Waals surface area contributed by atoms with Gasteiger partial charge < -0.3 is 9.84 Å². The van der Waals surface area contributed by atoms with Crippen molar-refractivity contribution in [3.63, 3.8) is 0 Å². The van der Waals surface area contributed by atoms with Gasteiger partial charge in [-0.05, 0) is 54.1 Å². The predicted molar refractivity (Wildman–Crippen MR) is 122 cm³/mol. The number of sulfonamides is 1. The number of ketones is 1. The first-order valence-corrected chi connectivity index (χ1v) is 11.4. The second kappa shape index (κ2) is 8.53. The zero-order valence-electron chi connectivity index (χ0n) is 17.5. The summed E-state index contributed by atoms with van der Waals surface area (Å²) in [4.78, 5) is 27.3. The highest BCUT2D eigenvalue weighted by atomic mass is 32.2. The molecule has 1 heterocycles. The van der Waals surface area contributed by atoms with Crippen molar-refractivity contribution in [2.45, 2.75) is 10.9 Å². The lowest BCUT2D eigenvalue weighted by Gasteiger charge is -2.25. The minimum absolute atomic E-state index is 0.0770. The van der Waals surface area contributed by atoms with Crippen LogP contribution in [-0.2, 0) is 19.6 Å². The molecule has 0 aromatic heterocycles. The molecule has 168 valence electrons. The molecular weight excluding hydrogens is 444 g/mol. The van der Waals surface area contributed by atoms with Gasteiger partial charge in [0.05, 0.1) is 23.6 Å². The summed E-state index contributed by atoms with van der Waals surface area (Å²) < 4.78 is 28.3. The minimum Gasteiger partial charge on any atom is -0.507 e. The molecule has 1 saturated heterocycles. The fraction of sp³-hybridized carbons (Fsp3) is 0.0833. The van der Waals surface area contributed by atoms with Gasteiger partial charge in [-0.3, -0.25) is 14.5 Å². The number of amides is 1. The SMILES string of the molecule is COc1ccc(C(O)=C2C(=O)C(=O)N(c3ccc(S(N)(=O)=O)cc3)[C@@H]2c2ccccc2)cc1. The number of hydrogen-bond donors (Lipinski definition) is 2. The Morgan fingerprint density at radius 2 is 1.55 bits per heavy atom. The summed E-state index contributed by atoms with van der Waals surface area (Å²) in [6.07, 6.45) is 0. The first kappa shape index (κ1) is 22.3. The molecule has 1 atom stereocenters. The number of aliphatic hydroxyl groups is 1. The van der Waals surface area contributed by atoms with E-state index in [-0.39, 0.29) is 21.9 Å². The number of primary sulfonamides is 1. The molecule has 0 saturated carbocycles. The first-order valence-electron chi connectivity index (χ1n) is 9.85. The number of anilines is 1. The van der Waals surface area contributed by atoms with E-state index in [0.717, 1.165) is 0 Å². The Hall–Kier alpha value is -3.95. The van der Waals surface area contributed by atoms with Gasteiger partial charge in [0.2, 0.25) is 10.0 Å². The second-order valence-corrected chi connectivity index (χ2v) is 8.91. The van der Waals surface area contributed by atoms with Crippen LogP contribution in [0.25, 0.3) is 5.76 Å². The van der Waals surface area contributed by atoms with E-state index in [1.807, 2.05) is 0 Å². The highest BCUT2D eigenvalue weighted by Crippen LogP contribution is 2.42. The lowest BCUT2D eigenvalue weighted by Crippen LogP contribution is -2.29. The van der Waals surface area contributed by atoms with Crippen LogP contribution in [-0.4, -0.2) is 32.3 Å². The number of aliphatic hydroxyl groups excluding tert-OH is 1. The minimum atomic E-state index is -3.93. The lowest BCUT2D eigenvalue weighted by molar-refractivity contribution is -0.132. The summed E-state index contributed by atoms with van der Waals surface area (Å²) in [5.74, 6) is -1.45. The van der Waals surface area contributed by atoms with Crippen LogP contribution in [0.2, 0.25) is 0 Å². The molecule has 0 aliphatic carbocycles. The zero-order chi connectivity index (χ0) is 23.8. The summed E-state index contributed by atoms with van der Waals surface area (Å²) in [6, 6.07) is 19.6. The number of carbonyl (C=O) groups is 2. The van der Waals surface area contributed by atoms with Crippen LogP contribution < -0.4 is 14.8 Å². The number of benzene rings is 3. The number of hydrogen-bond acceptors (Lipinski definition) is 6. The number of Topliss-reactive ketones (excluding diaryl/α,β-unsaturated/α-hetero) is 1. The van der Waals surface area contributed by atoms with Gasteiger partial charge in [0, 0.05) is 11.3 Å². The van der Waals surface area contributed by atoms with E-state index < -0.39 is 27.8 Å². The third kappa shape index (κ3) is 4.11. The Morgan fingerprint density at radius 1 is 0.939 bits per heavy atom. The normalized spacial score (nSPS) is 17.9. The van der Waals surface area contributed by atoms with Crippen LogP contribution in [0.5, 0.6) is 5.75 Å². The fourth-order valence-corrected chi connectivity index (χ4v) is 4.27. The van der Waals surface area contributed by atoms with Gasteiger partial charge in [-0.25, -0.2) is 13.6 Å². The van der Waals surface area contributed by atoms with E-state index >= 15 is 0 Å². The third-order valence-electron chi connectivity index (χ3n) is 5.37. The maximum Gasteiger partial charge on any atom is 0.300 e. The van der Waals surface area contributed by atoms with Crippen LogP contribution in [0.4, 0.5) is 5.69 Å². The van der Waals surface area contributed by atoms with Gasteiger partial charge in [0.1, 0.15) is 11.5 Å². The molecule has 3 N–H and O–H groups in total. The van der Waals surface area contributed by atoms with E-state index in [4.69, 9.17) is 9.88 Å².